The molecule has 3 aromatic carbocycles. The summed E-state index contributed by atoms with van der Waals surface area (Å²) < 4.78 is 7.50. The van der Waals surface area contributed by atoms with Crippen molar-refractivity contribution in [1.82, 2.24) is 9.55 Å². The van der Waals surface area contributed by atoms with E-state index in [0.717, 1.165) is 0 Å². The number of methoxy groups -OCH3 is 1. The third-order valence-corrected chi connectivity index (χ3v) is 7.57. The minimum absolute atomic E-state index is 0.142. The summed E-state index contributed by atoms with van der Waals surface area (Å²) in [5.74, 6) is 0.0198. The van der Waals surface area contributed by atoms with Crippen LogP contribution in [0.4, 0.5) is 11.4 Å². The van der Waals surface area contributed by atoms with Crippen LogP contribution < -0.4 is 15.0 Å². The monoisotopic (exact) mass is 557 g/mol. The summed E-state index contributed by atoms with van der Waals surface area (Å²) in [6, 6.07) is 18.9. The van der Waals surface area contributed by atoms with Gasteiger partial charge in [-0.3, -0.25) is 14.5 Å². The molecule has 194 valence electrons. The molecule has 0 unspecified atom stereocenters. The zero-order valence-electron chi connectivity index (χ0n) is 21.1. The van der Waals surface area contributed by atoms with E-state index in [1.165, 1.54) is 12.0 Å². The highest BCUT2D eigenvalue weighted by Crippen LogP contribution is 2.54. The number of rotatable bonds is 4. The van der Waals surface area contributed by atoms with Crippen LogP contribution in [-0.2, 0) is 10.3 Å². The fourth-order valence-electron chi connectivity index (χ4n) is 5.58. The first-order valence-corrected chi connectivity index (χ1v) is 12.9. The van der Waals surface area contributed by atoms with Gasteiger partial charge in [0, 0.05) is 33.0 Å². The van der Waals surface area contributed by atoms with Gasteiger partial charge in [-0.1, -0.05) is 35.3 Å². The molecule has 6 rings (SSSR count). The van der Waals surface area contributed by atoms with Gasteiger partial charge in [0.15, 0.2) is 11.2 Å². The molecule has 1 atom stereocenters. The number of imidazole rings is 1. The average Bonchev–Trinajstić information content (AvgIpc) is 3.52. The Kier molecular flexibility index (Phi) is 5.68. The summed E-state index contributed by atoms with van der Waals surface area (Å²) in [4.78, 5) is 34.8. The molecule has 2 amide bonds. The van der Waals surface area contributed by atoms with Crippen molar-refractivity contribution < 1.29 is 14.3 Å². The molecule has 1 aromatic heterocycles. The lowest BCUT2D eigenvalue weighted by atomic mass is 9.87. The van der Waals surface area contributed by atoms with Crippen LogP contribution >= 0.6 is 23.2 Å². The van der Waals surface area contributed by atoms with E-state index in [1.54, 1.807) is 60.7 Å². The summed E-state index contributed by atoms with van der Waals surface area (Å²) in [5, 5.41) is 13.2. The van der Waals surface area contributed by atoms with Crippen LogP contribution in [0.25, 0.3) is 11.4 Å². The van der Waals surface area contributed by atoms with E-state index in [2.05, 4.69) is 11.4 Å². The lowest BCUT2D eigenvalue weighted by molar-refractivity contribution is -0.119. The summed E-state index contributed by atoms with van der Waals surface area (Å²) in [6.45, 7) is 3.91. The smallest absolute Gasteiger partial charge is 0.280 e. The zero-order valence-corrected chi connectivity index (χ0v) is 22.6. The molecule has 0 bridgehead atoms. The number of hydrogen-bond acceptors (Lipinski definition) is 5. The lowest BCUT2D eigenvalue weighted by Gasteiger charge is -2.35. The maximum atomic E-state index is 14.3. The van der Waals surface area contributed by atoms with Crippen molar-refractivity contribution in [3.63, 3.8) is 0 Å². The van der Waals surface area contributed by atoms with Crippen LogP contribution in [0.1, 0.15) is 47.2 Å². The van der Waals surface area contributed by atoms with Gasteiger partial charge in [0.25, 0.3) is 11.8 Å². The van der Waals surface area contributed by atoms with Crippen molar-refractivity contribution in [1.29, 1.82) is 5.26 Å². The second-order valence-corrected chi connectivity index (χ2v) is 10.5. The number of nitrogens with one attached hydrogen (secondary N) is 1. The second kappa shape index (κ2) is 8.87. The molecule has 3 heterocycles. The molecule has 10 heteroatoms. The summed E-state index contributed by atoms with van der Waals surface area (Å²) in [6.07, 6.45) is 0. The third kappa shape index (κ3) is 3.40. The van der Waals surface area contributed by atoms with Crippen molar-refractivity contribution >= 4 is 46.4 Å². The van der Waals surface area contributed by atoms with Crippen LogP contribution in [0.2, 0.25) is 10.0 Å². The number of anilines is 2. The van der Waals surface area contributed by atoms with E-state index in [-0.39, 0.29) is 11.7 Å². The maximum Gasteiger partial charge on any atom is 0.280 e. The molecule has 1 spiro atoms. The molecule has 0 fully saturated rings. The van der Waals surface area contributed by atoms with E-state index >= 15 is 0 Å². The van der Waals surface area contributed by atoms with Crippen molar-refractivity contribution in [2.45, 2.75) is 25.4 Å². The minimum Gasteiger partial charge on any atom is -0.496 e. The van der Waals surface area contributed by atoms with Gasteiger partial charge in [0.2, 0.25) is 0 Å². The first-order valence-electron chi connectivity index (χ1n) is 12.1. The molecular formula is C29H21Cl2N5O3. The molecule has 1 N–H and O–H groups in total. The van der Waals surface area contributed by atoms with Crippen LogP contribution in [0.15, 0.2) is 60.7 Å². The molecule has 2 aliphatic rings. The second-order valence-electron chi connectivity index (χ2n) is 9.60. The largest absolute Gasteiger partial charge is 0.496 e. The topological polar surface area (TPSA) is 100 Å². The van der Waals surface area contributed by atoms with Crippen LogP contribution in [0.5, 0.6) is 5.75 Å². The van der Waals surface area contributed by atoms with Gasteiger partial charge in [-0.05, 0) is 62.4 Å². The Morgan fingerprint density at radius 2 is 1.82 bits per heavy atom. The molecule has 4 aromatic rings. The number of nitriles is 1. The predicted octanol–water partition coefficient (Wildman–Crippen LogP) is 6.17. The molecule has 8 nitrogen and oxygen atoms in total. The molecule has 0 saturated carbocycles. The zero-order chi connectivity index (χ0) is 27.6. The Hall–Kier alpha value is -4.32. The molecule has 2 aliphatic heterocycles. The van der Waals surface area contributed by atoms with Gasteiger partial charge in [-0.2, -0.15) is 5.26 Å². The van der Waals surface area contributed by atoms with E-state index in [4.69, 9.17) is 32.9 Å². The number of halogens is 2. The van der Waals surface area contributed by atoms with Crippen LogP contribution in [-0.4, -0.2) is 28.5 Å². The summed E-state index contributed by atoms with van der Waals surface area (Å²) in [5.41, 5.74) is 1.55. The summed E-state index contributed by atoms with van der Waals surface area (Å²) in [7, 11) is 1.51. The fourth-order valence-corrected chi connectivity index (χ4v) is 5.94. The number of fused-ring (bicyclic) bond motifs is 4. The molecule has 0 radical (unpaired) electrons. The number of nitrogens with zero attached hydrogens (tertiary/aromatic N) is 4. The van der Waals surface area contributed by atoms with E-state index in [0.29, 0.717) is 55.4 Å². The first kappa shape index (κ1) is 25.0. The molecule has 39 heavy (non-hydrogen) atoms. The average molecular weight is 558 g/mol. The molecule has 0 aliphatic carbocycles. The number of carbonyl (C=O) groups excluding carboxylic acids is 2. The van der Waals surface area contributed by atoms with E-state index in [1.807, 2.05) is 18.4 Å². The highest BCUT2D eigenvalue weighted by molar-refractivity contribution is 6.32. The third-order valence-electron chi connectivity index (χ3n) is 7.10. The number of carbonyl (C=O) groups is 2. The number of aromatic nitrogens is 2. The van der Waals surface area contributed by atoms with E-state index in [9.17, 15) is 14.9 Å². The van der Waals surface area contributed by atoms with Gasteiger partial charge in [-0.25, -0.2) is 4.98 Å². The van der Waals surface area contributed by atoms with Gasteiger partial charge >= 0.3 is 0 Å². The Morgan fingerprint density at radius 3 is 2.51 bits per heavy atom. The van der Waals surface area contributed by atoms with E-state index < -0.39 is 17.4 Å². The predicted molar refractivity (Wildman–Crippen MR) is 148 cm³/mol. The molecular weight excluding hydrogens is 537 g/mol. The first-order chi connectivity index (χ1) is 18.7. The number of ether oxygens (including phenoxy) is 1. The van der Waals surface area contributed by atoms with Gasteiger partial charge in [0.05, 0.1) is 30.0 Å². The molecule has 0 saturated heterocycles. The SMILES string of the molecule is COc1cc(C#N)ccc1-c1nc2c(n1C(C)C)[C@@]1(C(=O)Nc3cc(Cl)ccc31)N(c1cccc(Cl)c1)C2=O. The van der Waals surface area contributed by atoms with Gasteiger partial charge < -0.3 is 14.6 Å². The maximum absolute atomic E-state index is 14.3. The Balaban J connectivity index is 1.72. The van der Waals surface area contributed by atoms with Crippen molar-refractivity contribution in [3.05, 3.63) is 93.2 Å². The highest BCUT2D eigenvalue weighted by Gasteiger charge is 2.64. The lowest BCUT2D eigenvalue weighted by Crippen LogP contribution is -2.51. The fraction of sp³-hybridized carbons (Fsp3) is 0.172. The van der Waals surface area contributed by atoms with Crippen molar-refractivity contribution in [2.24, 2.45) is 0 Å². The van der Waals surface area contributed by atoms with Crippen LogP contribution in [0.3, 0.4) is 0 Å². The number of benzene rings is 3. The quantitative estimate of drug-likeness (QED) is 0.323. The number of amides is 2. The van der Waals surface area contributed by atoms with Crippen LogP contribution in [0, 0.1) is 11.3 Å². The van der Waals surface area contributed by atoms with Crippen molar-refractivity contribution in [3.8, 4) is 23.2 Å². The van der Waals surface area contributed by atoms with Gasteiger partial charge in [-0.15, -0.1) is 0 Å². The Labute approximate surface area is 234 Å². The Morgan fingerprint density at radius 1 is 1.05 bits per heavy atom. The minimum atomic E-state index is -1.58. The highest BCUT2D eigenvalue weighted by atomic mass is 35.5. The van der Waals surface area contributed by atoms with Gasteiger partial charge in [0.1, 0.15) is 11.6 Å². The number of hydrogen-bond donors (Lipinski definition) is 1. The summed E-state index contributed by atoms with van der Waals surface area (Å²) >= 11 is 12.6. The standard InChI is InChI=1S/C29H21Cl2N5O3/c1-15(2)35-25-24(34-26(35)20-9-7-16(14-32)11-23(20)39-3)27(37)36(19-6-4-5-17(30)12-19)29(25)21-10-8-18(31)13-22(21)33-28(29)38/h4-13,15H,1-3H3,(H,33,38)/t29-/m0/s1. The normalized spacial score (nSPS) is 17.4. The van der Waals surface area contributed by atoms with Crippen molar-refractivity contribution in [2.75, 3.05) is 17.3 Å². The Bertz CT molecular complexity index is 1760.